The fourth-order valence-electron chi connectivity index (χ4n) is 3.85. The second-order valence-electron chi connectivity index (χ2n) is 7.93. The highest BCUT2D eigenvalue weighted by atomic mass is 32.2. The lowest BCUT2D eigenvalue weighted by Gasteiger charge is -2.19. The number of para-hydroxylation sites is 2. The molecule has 1 heterocycles. The highest BCUT2D eigenvalue weighted by Gasteiger charge is 2.25. The first-order valence-corrected chi connectivity index (χ1v) is 12.3. The van der Waals surface area contributed by atoms with Gasteiger partial charge in [0.1, 0.15) is 10.7 Å². The van der Waals surface area contributed by atoms with Crippen molar-refractivity contribution in [3.05, 3.63) is 99.9 Å². The molecule has 0 saturated heterocycles. The minimum atomic E-state index is -3.83. The molecular formula is C24H22N4O5S. The van der Waals surface area contributed by atoms with Crippen LogP contribution in [0.25, 0.3) is 11.0 Å². The molecule has 0 radical (unpaired) electrons. The monoisotopic (exact) mass is 478 g/mol. The molecule has 0 aliphatic carbocycles. The molecule has 9 nitrogen and oxygen atoms in total. The summed E-state index contributed by atoms with van der Waals surface area (Å²) in [6.45, 7) is 0. The summed E-state index contributed by atoms with van der Waals surface area (Å²) in [6, 6.07) is 19.9. The number of carbonyl (C=O) groups excluding carboxylic acids is 1. The first kappa shape index (κ1) is 23.1. The van der Waals surface area contributed by atoms with Crippen molar-refractivity contribution in [1.82, 2.24) is 14.9 Å². The molecule has 0 aliphatic heterocycles. The van der Waals surface area contributed by atoms with Crippen molar-refractivity contribution in [2.24, 2.45) is 7.05 Å². The number of amides is 1. The van der Waals surface area contributed by atoms with Crippen LogP contribution in [0.5, 0.6) is 0 Å². The zero-order valence-electron chi connectivity index (χ0n) is 18.5. The van der Waals surface area contributed by atoms with E-state index >= 15 is 0 Å². The minimum absolute atomic E-state index is 0.00923. The zero-order valence-corrected chi connectivity index (χ0v) is 19.3. The van der Waals surface area contributed by atoms with Crippen LogP contribution in [0.15, 0.2) is 77.7 Å². The van der Waals surface area contributed by atoms with Crippen LogP contribution in [0, 0.1) is 10.1 Å². The number of nitro benzene ring substituents is 1. The van der Waals surface area contributed by atoms with E-state index in [0.29, 0.717) is 6.42 Å². The Morgan fingerprint density at radius 3 is 2.41 bits per heavy atom. The molecule has 0 fully saturated rings. The van der Waals surface area contributed by atoms with E-state index in [-0.39, 0.29) is 5.56 Å². The average molecular weight is 479 g/mol. The van der Waals surface area contributed by atoms with Crippen LogP contribution in [-0.2, 0) is 23.3 Å². The topological polar surface area (TPSA) is 124 Å². The lowest BCUT2D eigenvalue weighted by Crippen LogP contribution is -2.30. The molecule has 0 aliphatic rings. The van der Waals surface area contributed by atoms with Gasteiger partial charge < -0.3 is 9.88 Å². The number of benzene rings is 3. The Bertz CT molecular complexity index is 1500. The Kier molecular flexibility index (Phi) is 6.16. The van der Waals surface area contributed by atoms with Crippen LogP contribution in [0.1, 0.15) is 27.8 Å². The number of hydrogen-bond donors (Lipinski definition) is 1. The third kappa shape index (κ3) is 4.67. The van der Waals surface area contributed by atoms with Crippen LogP contribution < -0.4 is 5.32 Å². The van der Waals surface area contributed by atoms with Gasteiger partial charge in [-0.3, -0.25) is 14.9 Å². The summed E-state index contributed by atoms with van der Waals surface area (Å²) in [7, 11) is -1.93. The van der Waals surface area contributed by atoms with Gasteiger partial charge in [0, 0.05) is 31.4 Å². The molecule has 0 bridgehead atoms. The number of carbonyl (C=O) groups is 1. The SMILES string of the molecule is Cn1c(CC(NC(=O)c2ccc(S(C)(=O)=O)c([N+](=O)[O-])c2)c2ccccc2)nc2ccccc21. The summed E-state index contributed by atoms with van der Waals surface area (Å²) in [4.78, 5) is 28.0. The van der Waals surface area contributed by atoms with Crippen molar-refractivity contribution >= 4 is 32.5 Å². The summed E-state index contributed by atoms with van der Waals surface area (Å²) in [5.41, 5.74) is 1.99. The predicted molar refractivity (Wildman–Crippen MR) is 127 cm³/mol. The van der Waals surface area contributed by atoms with Gasteiger partial charge >= 0.3 is 0 Å². The number of hydrogen-bond acceptors (Lipinski definition) is 6. The molecule has 34 heavy (non-hydrogen) atoms. The molecule has 1 amide bonds. The summed E-state index contributed by atoms with van der Waals surface area (Å²) in [5, 5.41) is 14.4. The standard InChI is InChI=1S/C24H22N4O5S/c1-27-20-11-7-6-10-18(20)25-23(27)15-19(16-8-4-3-5-9-16)26-24(29)17-12-13-22(34(2,32)33)21(14-17)28(30)31/h3-14,19H,15H2,1-2H3,(H,26,29). The third-order valence-corrected chi connectivity index (χ3v) is 6.74. The van der Waals surface area contributed by atoms with Crippen molar-refractivity contribution in [3.63, 3.8) is 0 Å². The quantitative estimate of drug-likeness (QED) is 0.320. The van der Waals surface area contributed by atoms with Crippen molar-refractivity contribution in [1.29, 1.82) is 0 Å². The van der Waals surface area contributed by atoms with E-state index in [9.17, 15) is 23.3 Å². The van der Waals surface area contributed by atoms with Crippen LogP contribution in [0.3, 0.4) is 0 Å². The van der Waals surface area contributed by atoms with Gasteiger partial charge in [0.15, 0.2) is 9.84 Å². The van der Waals surface area contributed by atoms with E-state index in [4.69, 9.17) is 0 Å². The lowest BCUT2D eigenvalue weighted by molar-refractivity contribution is -0.387. The second-order valence-corrected chi connectivity index (χ2v) is 9.91. The Labute approximate surface area is 196 Å². The second kappa shape index (κ2) is 9.06. The molecule has 0 spiro atoms. The number of nitrogens with one attached hydrogen (secondary N) is 1. The van der Waals surface area contributed by atoms with E-state index in [1.807, 2.05) is 66.2 Å². The number of sulfone groups is 1. The van der Waals surface area contributed by atoms with Crippen molar-refractivity contribution in [2.75, 3.05) is 6.26 Å². The summed E-state index contributed by atoms with van der Waals surface area (Å²) >= 11 is 0. The maximum absolute atomic E-state index is 13.1. The Morgan fingerprint density at radius 1 is 1.09 bits per heavy atom. The predicted octanol–water partition coefficient (Wildman–Crippen LogP) is 3.60. The normalized spacial score (nSPS) is 12.4. The molecule has 1 aromatic heterocycles. The van der Waals surface area contributed by atoms with Crippen LogP contribution >= 0.6 is 0 Å². The lowest BCUT2D eigenvalue weighted by atomic mass is 10.0. The Morgan fingerprint density at radius 2 is 1.76 bits per heavy atom. The number of imidazole rings is 1. The van der Waals surface area contributed by atoms with E-state index in [1.165, 1.54) is 6.07 Å². The van der Waals surface area contributed by atoms with Gasteiger partial charge in [-0.15, -0.1) is 0 Å². The molecule has 10 heteroatoms. The van der Waals surface area contributed by atoms with Gasteiger partial charge in [-0.05, 0) is 29.8 Å². The minimum Gasteiger partial charge on any atom is -0.345 e. The van der Waals surface area contributed by atoms with Crippen molar-refractivity contribution in [2.45, 2.75) is 17.4 Å². The fourth-order valence-corrected chi connectivity index (χ4v) is 4.68. The summed E-state index contributed by atoms with van der Waals surface area (Å²) in [5.74, 6) is 0.199. The molecule has 4 rings (SSSR count). The molecule has 3 aromatic carbocycles. The van der Waals surface area contributed by atoms with Crippen molar-refractivity contribution < 1.29 is 18.1 Å². The van der Waals surface area contributed by atoms with Crippen LogP contribution in [0.4, 0.5) is 5.69 Å². The van der Waals surface area contributed by atoms with Gasteiger partial charge in [0.2, 0.25) is 0 Å². The van der Waals surface area contributed by atoms with Gasteiger partial charge in [0.25, 0.3) is 11.6 Å². The Balaban J connectivity index is 1.68. The number of fused-ring (bicyclic) bond motifs is 1. The average Bonchev–Trinajstić information content (AvgIpc) is 3.13. The van der Waals surface area contributed by atoms with Gasteiger partial charge in [-0.1, -0.05) is 42.5 Å². The highest BCUT2D eigenvalue weighted by Crippen LogP contribution is 2.26. The van der Waals surface area contributed by atoms with Gasteiger partial charge in [-0.2, -0.15) is 0 Å². The van der Waals surface area contributed by atoms with E-state index in [0.717, 1.165) is 40.8 Å². The third-order valence-electron chi connectivity index (χ3n) is 5.59. The van der Waals surface area contributed by atoms with Gasteiger partial charge in [-0.25, -0.2) is 13.4 Å². The number of nitrogens with zero attached hydrogens (tertiary/aromatic N) is 3. The number of aromatic nitrogens is 2. The molecular weight excluding hydrogens is 456 g/mol. The fraction of sp³-hybridized carbons (Fsp3) is 0.167. The highest BCUT2D eigenvalue weighted by molar-refractivity contribution is 7.90. The summed E-state index contributed by atoms with van der Waals surface area (Å²) in [6.07, 6.45) is 1.27. The van der Waals surface area contributed by atoms with E-state index in [1.54, 1.807) is 0 Å². The maximum atomic E-state index is 13.1. The molecule has 4 aromatic rings. The van der Waals surface area contributed by atoms with Crippen LogP contribution in [-0.4, -0.2) is 35.1 Å². The summed E-state index contributed by atoms with van der Waals surface area (Å²) < 4.78 is 25.8. The molecule has 1 N–H and O–H groups in total. The molecule has 174 valence electrons. The van der Waals surface area contributed by atoms with E-state index < -0.39 is 37.3 Å². The largest absolute Gasteiger partial charge is 0.345 e. The zero-order chi connectivity index (χ0) is 24.5. The van der Waals surface area contributed by atoms with E-state index in [2.05, 4.69) is 10.3 Å². The molecule has 1 unspecified atom stereocenters. The number of aryl methyl sites for hydroxylation is 1. The molecule has 0 saturated carbocycles. The van der Waals surface area contributed by atoms with Crippen molar-refractivity contribution in [3.8, 4) is 0 Å². The first-order chi connectivity index (χ1) is 16.1. The Hall–Kier alpha value is -4.05. The smallest absolute Gasteiger partial charge is 0.288 e. The number of rotatable bonds is 7. The number of nitro groups is 1. The van der Waals surface area contributed by atoms with Crippen LogP contribution in [0.2, 0.25) is 0 Å². The first-order valence-electron chi connectivity index (χ1n) is 10.4. The van der Waals surface area contributed by atoms with Gasteiger partial charge in [0.05, 0.1) is 22.0 Å². The maximum Gasteiger partial charge on any atom is 0.288 e. The molecule has 1 atom stereocenters.